The Labute approximate surface area is 124 Å². The van der Waals surface area contributed by atoms with Crippen molar-refractivity contribution in [1.82, 2.24) is 0 Å². The summed E-state index contributed by atoms with van der Waals surface area (Å²) in [6.45, 7) is 0. The second kappa shape index (κ2) is 6.69. The van der Waals surface area contributed by atoms with Crippen LogP contribution in [0, 0.1) is 11.6 Å². The molecule has 1 N–H and O–H groups in total. The smallest absolute Gasteiger partial charge is 0.313 e. The van der Waals surface area contributed by atoms with Gasteiger partial charge >= 0.3 is 5.97 Å². The van der Waals surface area contributed by atoms with E-state index in [2.05, 4.69) is 10.0 Å². The Bertz CT molecular complexity index is 698. The van der Waals surface area contributed by atoms with Gasteiger partial charge in [0.15, 0.2) is 0 Å². The number of rotatable bonds is 5. The van der Waals surface area contributed by atoms with Crippen LogP contribution >= 0.6 is 0 Å². The zero-order chi connectivity index (χ0) is 16.1. The maximum absolute atomic E-state index is 13.4. The molecule has 0 spiro atoms. The van der Waals surface area contributed by atoms with Crippen molar-refractivity contribution in [3.8, 4) is 0 Å². The summed E-state index contributed by atoms with van der Waals surface area (Å²) in [6, 6.07) is 8.98. The van der Waals surface area contributed by atoms with Gasteiger partial charge < -0.3 is 5.11 Å². The van der Waals surface area contributed by atoms with Crippen LogP contribution in [-0.2, 0) is 4.79 Å². The third-order valence-corrected chi connectivity index (χ3v) is 3.16. The summed E-state index contributed by atoms with van der Waals surface area (Å²) in [6.07, 6.45) is 0. The molecule has 2 aromatic carbocycles. The minimum absolute atomic E-state index is 0.283. The Balaban J connectivity index is 2.63. The summed E-state index contributed by atoms with van der Waals surface area (Å²) in [7, 11) is 0. The quantitative estimate of drug-likeness (QED) is 0.516. The number of carboxylic acids is 1. The fraction of sp³-hybridized carbons (Fsp3) is 0.133. The first-order valence-corrected chi connectivity index (χ1v) is 6.31. The van der Waals surface area contributed by atoms with Crippen LogP contribution in [0.4, 0.5) is 8.78 Å². The van der Waals surface area contributed by atoms with Crippen LogP contribution in [0.15, 0.2) is 53.6 Å². The molecule has 22 heavy (non-hydrogen) atoms. The lowest BCUT2D eigenvalue weighted by Crippen LogP contribution is -2.26. The topological polar surface area (TPSA) is 86.1 Å². The predicted octanol–water partition coefficient (Wildman–Crippen LogP) is 3.86. The van der Waals surface area contributed by atoms with Gasteiger partial charge in [-0.15, -0.1) is 0 Å². The molecular weight excluding hydrogens is 292 g/mol. The van der Waals surface area contributed by atoms with Crippen molar-refractivity contribution in [3.05, 3.63) is 81.7 Å². The molecule has 0 bridgehead atoms. The van der Waals surface area contributed by atoms with Crippen molar-refractivity contribution in [1.29, 1.82) is 0 Å². The summed E-state index contributed by atoms with van der Waals surface area (Å²) >= 11 is 0. The van der Waals surface area contributed by atoms with Gasteiger partial charge in [-0.1, -0.05) is 29.4 Å². The van der Waals surface area contributed by atoms with Gasteiger partial charge in [0, 0.05) is 10.8 Å². The fourth-order valence-corrected chi connectivity index (χ4v) is 2.27. The summed E-state index contributed by atoms with van der Waals surface area (Å²) in [4.78, 5) is 13.9. The molecule has 0 aliphatic rings. The average Bonchev–Trinajstić information content (AvgIpc) is 2.47. The maximum atomic E-state index is 13.4. The fourth-order valence-electron chi connectivity index (χ4n) is 2.27. The predicted molar refractivity (Wildman–Crippen MR) is 75.2 cm³/mol. The Hall–Kier alpha value is -2.92. The highest BCUT2D eigenvalue weighted by molar-refractivity contribution is 5.76. The van der Waals surface area contributed by atoms with Gasteiger partial charge in [-0.3, -0.25) is 4.79 Å². The molecule has 0 aliphatic carbocycles. The largest absolute Gasteiger partial charge is 0.481 e. The number of halogens is 2. The number of aliphatic carboxylic acids is 1. The zero-order valence-corrected chi connectivity index (χ0v) is 11.2. The van der Waals surface area contributed by atoms with E-state index in [1.165, 1.54) is 36.4 Å². The van der Waals surface area contributed by atoms with Gasteiger partial charge in [0.25, 0.3) is 0 Å². The van der Waals surface area contributed by atoms with Gasteiger partial charge in [-0.25, -0.2) is 8.78 Å². The van der Waals surface area contributed by atoms with E-state index in [0.717, 1.165) is 12.1 Å². The number of carboxylic acid groups (broad SMARTS) is 1. The molecule has 0 aromatic heterocycles. The number of hydrogen-bond donors (Lipinski definition) is 1. The van der Waals surface area contributed by atoms with Crippen LogP contribution < -0.4 is 0 Å². The van der Waals surface area contributed by atoms with Gasteiger partial charge in [-0.2, -0.15) is 0 Å². The molecule has 2 rings (SSSR count). The molecule has 2 aromatic rings. The molecule has 0 fully saturated rings. The van der Waals surface area contributed by atoms with Crippen LogP contribution in [0.2, 0.25) is 0 Å². The van der Waals surface area contributed by atoms with E-state index in [1.54, 1.807) is 0 Å². The monoisotopic (exact) mass is 303 g/mol. The van der Waals surface area contributed by atoms with Crippen LogP contribution in [-0.4, -0.2) is 17.1 Å². The van der Waals surface area contributed by atoms with Crippen molar-refractivity contribution in [2.24, 2.45) is 5.11 Å². The third-order valence-electron chi connectivity index (χ3n) is 3.16. The standard InChI is InChI=1S/C15H11F2N3O2/c16-11-5-1-3-9(7-11)13(14(15(21)22)19-20-18)10-4-2-6-12(17)8-10/h1-8,13-14H,(H,21,22)/t14-/m0/s1. The number of azide groups is 1. The molecular formula is C15H11F2N3O2. The lowest BCUT2D eigenvalue weighted by atomic mass is 9.85. The van der Waals surface area contributed by atoms with E-state index in [9.17, 15) is 18.7 Å². The molecule has 0 saturated heterocycles. The van der Waals surface area contributed by atoms with E-state index in [1.807, 2.05) is 0 Å². The molecule has 5 nitrogen and oxygen atoms in total. The summed E-state index contributed by atoms with van der Waals surface area (Å²) in [5.74, 6) is -3.51. The number of nitrogens with zero attached hydrogens (tertiary/aromatic N) is 3. The Kier molecular flexibility index (Phi) is 4.70. The van der Waals surface area contributed by atoms with Gasteiger partial charge in [0.1, 0.15) is 17.7 Å². The Morgan fingerprint density at radius 3 is 1.95 bits per heavy atom. The molecule has 0 unspecified atom stereocenters. The molecule has 0 saturated carbocycles. The van der Waals surface area contributed by atoms with Crippen molar-refractivity contribution in [2.75, 3.05) is 0 Å². The van der Waals surface area contributed by atoms with Crippen molar-refractivity contribution >= 4 is 5.97 Å². The van der Waals surface area contributed by atoms with E-state index < -0.39 is 29.6 Å². The van der Waals surface area contributed by atoms with Crippen molar-refractivity contribution in [3.63, 3.8) is 0 Å². The highest BCUT2D eigenvalue weighted by Crippen LogP contribution is 2.31. The van der Waals surface area contributed by atoms with Gasteiger partial charge in [-0.05, 0) is 40.9 Å². The van der Waals surface area contributed by atoms with Crippen LogP contribution in [0.3, 0.4) is 0 Å². The second-order valence-corrected chi connectivity index (χ2v) is 4.58. The number of benzene rings is 2. The first-order chi connectivity index (χ1) is 10.5. The summed E-state index contributed by atoms with van der Waals surface area (Å²) in [5, 5.41) is 12.6. The summed E-state index contributed by atoms with van der Waals surface area (Å²) < 4.78 is 26.9. The molecule has 0 amide bonds. The molecule has 0 radical (unpaired) electrons. The second-order valence-electron chi connectivity index (χ2n) is 4.58. The lowest BCUT2D eigenvalue weighted by molar-refractivity contribution is -0.138. The first kappa shape index (κ1) is 15.5. The van der Waals surface area contributed by atoms with Gasteiger partial charge in [0.2, 0.25) is 0 Å². The number of carbonyl (C=O) groups is 1. The molecule has 112 valence electrons. The zero-order valence-electron chi connectivity index (χ0n) is 11.2. The minimum Gasteiger partial charge on any atom is -0.481 e. The molecule has 1 atom stereocenters. The molecule has 0 heterocycles. The first-order valence-electron chi connectivity index (χ1n) is 6.31. The summed E-state index contributed by atoms with van der Waals surface area (Å²) in [5.41, 5.74) is 9.15. The number of hydrogen-bond acceptors (Lipinski definition) is 2. The third kappa shape index (κ3) is 3.39. The van der Waals surface area contributed by atoms with Gasteiger partial charge in [0.05, 0.1) is 0 Å². The van der Waals surface area contributed by atoms with Crippen molar-refractivity contribution < 1.29 is 18.7 Å². The molecule has 0 aliphatic heterocycles. The SMILES string of the molecule is [N-]=[N+]=N[C@H](C(=O)O)C(c1cccc(F)c1)c1cccc(F)c1. The van der Waals surface area contributed by atoms with E-state index >= 15 is 0 Å². The van der Waals surface area contributed by atoms with E-state index in [0.29, 0.717) is 0 Å². The average molecular weight is 303 g/mol. The maximum Gasteiger partial charge on any atom is 0.313 e. The van der Waals surface area contributed by atoms with Crippen LogP contribution in [0.1, 0.15) is 17.0 Å². The molecule has 7 heteroatoms. The Morgan fingerprint density at radius 2 is 1.59 bits per heavy atom. The van der Waals surface area contributed by atoms with Crippen LogP contribution in [0.5, 0.6) is 0 Å². The Morgan fingerprint density at radius 1 is 1.09 bits per heavy atom. The van der Waals surface area contributed by atoms with E-state index in [-0.39, 0.29) is 11.1 Å². The minimum atomic E-state index is -1.52. The van der Waals surface area contributed by atoms with E-state index in [4.69, 9.17) is 5.53 Å². The highest BCUT2D eigenvalue weighted by Gasteiger charge is 2.30. The normalized spacial score (nSPS) is 11.8. The lowest BCUT2D eigenvalue weighted by Gasteiger charge is -2.21. The van der Waals surface area contributed by atoms with Crippen LogP contribution in [0.25, 0.3) is 10.4 Å². The highest BCUT2D eigenvalue weighted by atomic mass is 19.1. The van der Waals surface area contributed by atoms with Crippen molar-refractivity contribution in [2.45, 2.75) is 12.0 Å².